The van der Waals surface area contributed by atoms with Crippen LogP contribution in [-0.2, 0) is 0 Å². The molecule has 1 fully saturated rings. The van der Waals surface area contributed by atoms with Gasteiger partial charge in [-0.1, -0.05) is 58.8 Å². The Morgan fingerprint density at radius 1 is 0.526 bits per heavy atom. The van der Waals surface area contributed by atoms with Gasteiger partial charge in [0, 0.05) is 26.2 Å². The summed E-state index contributed by atoms with van der Waals surface area (Å²) in [6.07, 6.45) is 12.7. The van der Waals surface area contributed by atoms with Gasteiger partial charge in [0.05, 0.1) is 0 Å². The first-order valence-corrected chi connectivity index (χ1v) is 8.81. The van der Waals surface area contributed by atoms with E-state index < -0.39 is 0 Å². The molecule has 1 aliphatic rings. The van der Waals surface area contributed by atoms with E-state index in [0.29, 0.717) is 0 Å². The van der Waals surface area contributed by atoms with Crippen molar-refractivity contribution in [3.05, 3.63) is 0 Å². The third-order valence-electron chi connectivity index (χ3n) is 4.37. The second-order valence-corrected chi connectivity index (χ2v) is 6.16. The number of unbranched alkanes of at least 4 members (excludes halogenated alkanes) is 7. The molecule has 0 spiro atoms. The summed E-state index contributed by atoms with van der Waals surface area (Å²) in [7, 11) is 0. The van der Waals surface area contributed by atoms with Gasteiger partial charge in [-0.25, -0.2) is 0 Å². The minimum Gasteiger partial charge on any atom is -0.301 e. The van der Waals surface area contributed by atoms with Gasteiger partial charge >= 0.3 is 0 Å². The Bertz CT molecular complexity index is 186. The Morgan fingerprint density at radius 3 is 1.47 bits per heavy atom. The Labute approximate surface area is 121 Å². The van der Waals surface area contributed by atoms with Gasteiger partial charge in [0.15, 0.2) is 0 Å². The first-order chi connectivity index (χ1) is 9.36. The molecule has 0 bridgehead atoms. The summed E-state index contributed by atoms with van der Waals surface area (Å²) < 4.78 is 0. The van der Waals surface area contributed by atoms with Crippen molar-refractivity contribution in [2.24, 2.45) is 0 Å². The summed E-state index contributed by atoms with van der Waals surface area (Å²) in [6.45, 7) is 12.5. The molecule has 0 radical (unpaired) electrons. The molecule has 0 atom stereocenters. The maximum absolute atomic E-state index is 2.68. The van der Waals surface area contributed by atoms with Gasteiger partial charge < -0.3 is 9.80 Å². The topological polar surface area (TPSA) is 6.48 Å². The molecule has 2 nitrogen and oxygen atoms in total. The third-order valence-corrected chi connectivity index (χ3v) is 4.37. The molecule has 0 aromatic heterocycles. The van der Waals surface area contributed by atoms with Crippen molar-refractivity contribution in [1.29, 1.82) is 0 Å². The summed E-state index contributed by atoms with van der Waals surface area (Å²) in [5.74, 6) is 0. The molecule has 114 valence electrons. The summed E-state index contributed by atoms with van der Waals surface area (Å²) in [5.41, 5.74) is 0. The summed E-state index contributed by atoms with van der Waals surface area (Å²) in [5, 5.41) is 0. The van der Waals surface area contributed by atoms with Gasteiger partial charge in [-0.3, -0.25) is 0 Å². The quantitative estimate of drug-likeness (QED) is 0.519. The highest BCUT2D eigenvalue weighted by molar-refractivity contribution is 4.71. The van der Waals surface area contributed by atoms with E-state index in [9.17, 15) is 0 Å². The SMILES string of the molecule is CCCCCCCCCN1CCN(CCCC)CC1. The van der Waals surface area contributed by atoms with Crippen LogP contribution in [0.15, 0.2) is 0 Å². The lowest BCUT2D eigenvalue weighted by molar-refractivity contribution is 0.129. The van der Waals surface area contributed by atoms with Crippen LogP contribution in [0, 0.1) is 0 Å². The average molecular weight is 268 g/mol. The largest absolute Gasteiger partial charge is 0.301 e. The smallest absolute Gasteiger partial charge is 0.0110 e. The van der Waals surface area contributed by atoms with E-state index in [1.54, 1.807) is 0 Å². The fourth-order valence-electron chi connectivity index (χ4n) is 2.91. The van der Waals surface area contributed by atoms with Crippen molar-refractivity contribution in [2.45, 2.75) is 71.6 Å². The minimum atomic E-state index is 1.30. The van der Waals surface area contributed by atoms with Crippen molar-refractivity contribution >= 4 is 0 Å². The molecule has 0 N–H and O–H groups in total. The second-order valence-electron chi connectivity index (χ2n) is 6.16. The molecule has 0 aromatic carbocycles. The summed E-state index contributed by atoms with van der Waals surface area (Å²) in [6, 6.07) is 0. The zero-order chi connectivity index (χ0) is 13.8. The maximum Gasteiger partial charge on any atom is 0.0110 e. The van der Waals surface area contributed by atoms with Gasteiger partial charge in [0.25, 0.3) is 0 Å². The molecule has 19 heavy (non-hydrogen) atoms. The van der Waals surface area contributed by atoms with Crippen molar-refractivity contribution in [3.63, 3.8) is 0 Å². The molecule has 0 aliphatic carbocycles. The first kappa shape index (κ1) is 17.0. The van der Waals surface area contributed by atoms with E-state index in [1.807, 2.05) is 0 Å². The molecule has 0 aromatic rings. The Kier molecular flexibility index (Phi) is 10.5. The van der Waals surface area contributed by atoms with E-state index in [2.05, 4.69) is 23.6 Å². The predicted octanol–water partition coefficient (Wildman–Crippen LogP) is 4.15. The third kappa shape index (κ3) is 8.65. The number of nitrogens with zero attached hydrogens (tertiary/aromatic N) is 2. The van der Waals surface area contributed by atoms with E-state index in [0.717, 1.165) is 0 Å². The lowest BCUT2D eigenvalue weighted by atomic mass is 10.1. The maximum atomic E-state index is 2.68. The highest BCUT2D eigenvalue weighted by Crippen LogP contribution is 2.09. The van der Waals surface area contributed by atoms with E-state index in [4.69, 9.17) is 0 Å². The summed E-state index contributed by atoms with van der Waals surface area (Å²) in [4.78, 5) is 5.32. The van der Waals surface area contributed by atoms with Crippen molar-refractivity contribution < 1.29 is 0 Å². The van der Waals surface area contributed by atoms with Crippen molar-refractivity contribution in [3.8, 4) is 0 Å². The Hall–Kier alpha value is -0.0800. The van der Waals surface area contributed by atoms with E-state index >= 15 is 0 Å². The van der Waals surface area contributed by atoms with Gasteiger partial charge in [0.1, 0.15) is 0 Å². The number of hydrogen-bond donors (Lipinski definition) is 0. The van der Waals surface area contributed by atoms with E-state index in [1.165, 1.54) is 97.1 Å². The number of piperazine rings is 1. The summed E-state index contributed by atoms with van der Waals surface area (Å²) >= 11 is 0. The second kappa shape index (κ2) is 11.7. The van der Waals surface area contributed by atoms with Crippen LogP contribution < -0.4 is 0 Å². The molecule has 0 amide bonds. The fourth-order valence-corrected chi connectivity index (χ4v) is 2.91. The molecule has 1 saturated heterocycles. The zero-order valence-electron chi connectivity index (χ0n) is 13.5. The lowest BCUT2D eigenvalue weighted by Crippen LogP contribution is -2.46. The van der Waals surface area contributed by atoms with Crippen LogP contribution >= 0.6 is 0 Å². The van der Waals surface area contributed by atoms with Crippen LogP contribution in [0.3, 0.4) is 0 Å². The van der Waals surface area contributed by atoms with Crippen LogP contribution in [0.1, 0.15) is 71.6 Å². The van der Waals surface area contributed by atoms with Gasteiger partial charge in [0.2, 0.25) is 0 Å². The van der Waals surface area contributed by atoms with Gasteiger partial charge in [-0.2, -0.15) is 0 Å². The Balaban J connectivity index is 1.89. The highest BCUT2D eigenvalue weighted by atomic mass is 15.3. The normalized spacial score (nSPS) is 18.0. The van der Waals surface area contributed by atoms with E-state index in [-0.39, 0.29) is 0 Å². The minimum absolute atomic E-state index is 1.30. The lowest BCUT2D eigenvalue weighted by Gasteiger charge is -2.34. The fraction of sp³-hybridized carbons (Fsp3) is 1.00. The first-order valence-electron chi connectivity index (χ1n) is 8.81. The molecule has 1 rings (SSSR count). The number of rotatable bonds is 11. The standard InChI is InChI=1S/C17H36N2/c1-3-5-7-8-9-10-11-13-19-16-14-18(15-17-19)12-6-4-2/h3-17H2,1-2H3. The molecule has 0 unspecified atom stereocenters. The van der Waals surface area contributed by atoms with Crippen molar-refractivity contribution in [2.75, 3.05) is 39.3 Å². The predicted molar refractivity (Wildman–Crippen MR) is 85.8 cm³/mol. The van der Waals surface area contributed by atoms with Crippen LogP contribution in [0.5, 0.6) is 0 Å². The van der Waals surface area contributed by atoms with Crippen LogP contribution in [0.25, 0.3) is 0 Å². The average Bonchev–Trinajstić information content (AvgIpc) is 2.45. The molecular weight excluding hydrogens is 232 g/mol. The molecular formula is C17H36N2. The monoisotopic (exact) mass is 268 g/mol. The van der Waals surface area contributed by atoms with Gasteiger partial charge in [-0.05, 0) is 25.9 Å². The molecule has 1 aliphatic heterocycles. The molecule has 2 heteroatoms. The molecule has 1 heterocycles. The van der Waals surface area contributed by atoms with Crippen LogP contribution in [0.4, 0.5) is 0 Å². The van der Waals surface area contributed by atoms with Crippen LogP contribution in [0.2, 0.25) is 0 Å². The van der Waals surface area contributed by atoms with Crippen LogP contribution in [-0.4, -0.2) is 49.1 Å². The highest BCUT2D eigenvalue weighted by Gasteiger charge is 2.15. The van der Waals surface area contributed by atoms with Gasteiger partial charge in [-0.15, -0.1) is 0 Å². The Morgan fingerprint density at radius 2 is 0.947 bits per heavy atom. The zero-order valence-corrected chi connectivity index (χ0v) is 13.5. The number of hydrogen-bond acceptors (Lipinski definition) is 2. The van der Waals surface area contributed by atoms with Crippen molar-refractivity contribution in [1.82, 2.24) is 9.80 Å². The molecule has 0 saturated carbocycles.